The van der Waals surface area contributed by atoms with Crippen LogP contribution in [0.2, 0.25) is 0 Å². The third kappa shape index (κ3) is 5.69. The molecule has 1 aromatic heterocycles. The van der Waals surface area contributed by atoms with Gasteiger partial charge in [-0.25, -0.2) is 4.98 Å². The van der Waals surface area contributed by atoms with Gasteiger partial charge in [0.15, 0.2) is 0 Å². The van der Waals surface area contributed by atoms with Crippen LogP contribution in [0, 0.1) is 6.92 Å². The quantitative estimate of drug-likeness (QED) is 0.430. The summed E-state index contributed by atoms with van der Waals surface area (Å²) in [6.45, 7) is 1.95. The van der Waals surface area contributed by atoms with E-state index in [1.165, 1.54) is 6.42 Å². The van der Waals surface area contributed by atoms with Crippen LogP contribution < -0.4 is 15.4 Å². The summed E-state index contributed by atoms with van der Waals surface area (Å²) in [4.78, 5) is 7.96. The molecule has 0 amide bonds. The maximum Gasteiger partial charge on any atom is 0.421 e. The Bertz CT molecular complexity index is 1050. The number of alkyl halides is 3. The van der Waals surface area contributed by atoms with Crippen molar-refractivity contribution in [1.82, 2.24) is 9.97 Å². The van der Waals surface area contributed by atoms with Crippen molar-refractivity contribution >= 4 is 23.1 Å². The molecule has 0 atom stereocenters. The van der Waals surface area contributed by atoms with Crippen LogP contribution in [0.4, 0.5) is 36.3 Å². The average Bonchev–Trinajstić information content (AvgIpc) is 2.76. The van der Waals surface area contributed by atoms with Crippen molar-refractivity contribution in [1.29, 1.82) is 0 Å². The molecule has 5 nitrogen and oxygen atoms in total. The van der Waals surface area contributed by atoms with Gasteiger partial charge in [-0.15, -0.1) is 0 Å². The smallest absolute Gasteiger partial charge is 0.421 e. The maximum atomic E-state index is 13.6. The first-order chi connectivity index (χ1) is 15.4. The fourth-order valence-corrected chi connectivity index (χ4v) is 3.67. The van der Waals surface area contributed by atoms with Gasteiger partial charge in [0.25, 0.3) is 0 Å². The van der Waals surface area contributed by atoms with Gasteiger partial charge < -0.3 is 15.4 Å². The number of nitrogens with zero attached hydrogens (tertiary/aromatic N) is 2. The Labute approximate surface area is 185 Å². The minimum atomic E-state index is -4.60. The van der Waals surface area contributed by atoms with Crippen molar-refractivity contribution in [3.8, 4) is 5.75 Å². The van der Waals surface area contributed by atoms with Gasteiger partial charge in [-0.3, -0.25) is 0 Å². The molecule has 0 spiro atoms. The second-order valence-electron chi connectivity index (χ2n) is 7.98. The number of hydrogen-bond acceptors (Lipinski definition) is 5. The second kappa shape index (κ2) is 9.46. The molecule has 8 heteroatoms. The van der Waals surface area contributed by atoms with Crippen LogP contribution in [0.25, 0.3) is 0 Å². The number of aryl methyl sites for hydroxylation is 1. The van der Waals surface area contributed by atoms with Gasteiger partial charge in [-0.2, -0.15) is 18.2 Å². The van der Waals surface area contributed by atoms with Crippen molar-refractivity contribution < 1.29 is 17.9 Å². The molecule has 4 rings (SSSR count). The second-order valence-corrected chi connectivity index (χ2v) is 7.98. The minimum absolute atomic E-state index is 0.0685. The molecular weight excluding hydrogens is 417 g/mol. The van der Waals surface area contributed by atoms with Crippen molar-refractivity contribution in [3.05, 3.63) is 65.9 Å². The lowest BCUT2D eigenvalue weighted by Gasteiger charge is -2.23. The fraction of sp³-hybridized carbons (Fsp3) is 0.333. The number of ether oxygens (including phenoxy) is 1. The Balaban J connectivity index is 1.56. The molecule has 0 aliphatic heterocycles. The van der Waals surface area contributed by atoms with E-state index in [2.05, 4.69) is 20.6 Å². The molecule has 1 aliphatic rings. The molecule has 1 heterocycles. The standard InChI is InChI=1S/C24H25F3N4O/c1-16-10-12-17(13-11-16)30-23-28-15-21(24(25,26)27)22(31-23)29-18-6-5-9-20(14-18)32-19-7-3-2-4-8-19/h5-6,9-15,19H,2-4,7-8H2,1H3,(H2,28,29,30,31). The summed E-state index contributed by atoms with van der Waals surface area (Å²) in [7, 11) is 0. The summed E-state index contributed by atoms with van der Waals surface area (Å²) in [6, 6.07) is 14.4. The Morgan fingerprint density at radius 1 is 0.938 bits per heavy atom. The first-order valence-corrected chi connectivity index (χ1v) is 10.7. The molecule has 0 unspecified atom stereocenters. The van der Waals surface area contributed by atoms with Crippen LogP contribution in [0.1, 0.15) is 43.2 Å². The van der Waals surface area contributed by atoms with Crippen LogP contribution in [-0.4, -0.2) is 16.1 Å². The van der Waals surface area contributed by atoms with Crippen molar-refractivity contribution in [2.24, 2.45) is 0 Å². The number of hydrogen-bond donors (Lipinski definition) is 2. The van der Waals surface area contributed by atoms with Gasteiger partial charge in [0.1, 0.15) is 17.1 Å². The molecule has 0 radical (unpaired) electrons. The van der Waals surface area contributed by atoms with Crippen molar-refractivity contribution in [3.63, 3.8) is 0 Å². The highest BCUT2D eigenvalue weighted by Gasteiger charge is 2.35. The summed E-state index contributed by atoms with van der Waals surface area (Å²) in [5.41, 5.74) is 1.28. The fourth-order valence-electron chi connectivity index (χ4n) is 3.67. The molecule has 1 aliphatic carbocycles. The predicted molar refractivity (Wildman–Crippen MR) is 119 cm³/mol. The van der Waals surface area contributed by atoms with Crippen LogP contribution in [0.3, 0.4) is 0 Å². The van der Waals surface area contributed by atoms with Gasteiger partial charge in [-0.05, 0) is 56.9 Å². The van der Waals surface area contributed by atoms with Crippen LogP contribution in [-0.2, 0) is 6.18 Å². The monoisotopic (exact) mass is 442 g/mol. The zero-order chi connectivity index (χ0) is 22.6. The lowest BCUT2D eigenvalue weighted by molar-refractivity contribution is -0.137. The molecule has 0 bridgehead atoms. The van der Waals surface area contributed by atoms with E-state index in [4.69, 9.17) is 4.74 Å². The highest BCUT2D eigenvalue weighted by molar-refractivity contribution is 5.64. The Morgan fingerprint density at radius 2 is 1.69 bits per heavy atom. The van der Waals surface area contributed by atoms with Gasteiger partial charge in [-0.1, -0.05) is 30.2 Å². The normalized spacial score (nSPS) is 14.8. The van der Waals surface area contributed by atoms with E-state index >= 15 is 0 Å². The van der Waals surface area contributed by atoms with Crippen molar-refractivity contribution in [2.75, 3.05) is 10.6 Å². The molecule has 32 heavy (non-hydrogen) atoms. The third-order valence-electron chi connectivity index (χ3n) is 5.35. The maximum absolute atomic E-state index is 13.6. The lowest BCUT2D eigenvalue weighted by Crippen LogP contribution is -2.19. The number of rotatable bonds is 6. The summed E-state index contributed by atoms with van der Waals surface area (Å²) in [6.07, 6.45) is 1.81. The molecule has 0 saturated heterocycles. The Morgan fingerprint density at radius 3 is 2.41 bits per heavy atom. The number of benzene rings is 2. The number of nitrogens with one attached hydrogen (secondary N) is 2. The Kier molecular flexibility index (Phi) is 6.48. The minimum Gasteiger partial charge on any atom is -0.490 e. The first kappa shape index (κ1) is 21.9. The molecule has 1 saturated carbocycles. The van der Waals surface area contributed by atoms with E-state index < -0.39 is 11.7 Å². The first-order valence-electron chi connectivity index (χ1n) is 10.7. The summed E-state index contributed by atoms with van der Waals surface area (Å²) >= 11 is 0. The van der Waals surface area contributed by atoms with E-state index in [9.17, 15) is 13.2 Å². The molecule has 3 aromatic rings. The van der Waals surface area contributed by atoms with Gasteiger partial charge >= 0.3 is 6.18 Å². The van der Waals surface area contributed by atoms with Crippen molar-refractivity contribution in [2.45, 2.75) is 51.3 Å². The highest BCUT2D eigenvalue weighted by Crippen LogP contribution is 2.36. The van der Waals surface area contributed by atoms with Gasteiger partial charge in [0.2, 0.25) is 5.95 Å². The van der Waals surface area contributed by atoms with Gasteiger partial charge in [0.05, 0.1) is 6.10 Å². The summed E-state index contributed by atoms with van der Waals surface area (Å²) in [5, 5.41) is 5.75. The largest absolute Gasteiger partial charge is 0.490 e. The predicted octanol–water partition coefficient (Wildman–Crippen LogP) is 7.00. The zero-order valence-electron chi connectivity index (χ0n) is 17.7. The lowest BCUT2D eigenvalue weighted by atomic mass is 9.98. The van der Waals surface area contributed by atoms with Gasteiger partial charge in [0, 0.05) is 23.6 Å². The van der Waals surface area contributed by atoms with E-state index in [-0.39, 0.29) is 17.9 Å². The summed E-state index contributed by atoms with van der Waals surface area (Å²) < 4.78 is 46.8. The molecule has 168 valence electrons. The number of halogens is 3. The number of anilines is 4. The van der Waals surface area contributed by atoms with E-state index in [1.54, 1.807) is 18.2 Å². The number of aromatic nitrogens is 2. The average molecular weight is 442 g/mol. The van der Waals surface area contributed by atoms with Crippen LogP contribution >= 0.6 is 0 Å². The van der Waals surface area contributed by atoms with E-state index in [1.807, 2.05) is 37.3 Å². The topological polar surface area (TPSA) is 59.1 Å². The SMILES string of the molecule is Cc1ccc(Nc2ncc(C(F)(F)F)c(Nc3cccc(OC4CCCCC4)c3)n2)cc1. The molecule has 2 aromatic carbocycles. The van der Waals surface area contributed by atoms with Crippen LogP contribution in [0.15, 0.2) is 54.7 Å². The van der Waals surface area contributed by atoms with E-state index in [0.717, 1.165) is 37.4 Å². The summed E-state index contributed by atoms with van der Waals surface area (Å²) in [5.74, 6) is 0.374. The zero-order valence-corrected chi connectivity index (χ0v) is 17.7. The molecule has 1 fully saturated rings. The third-order valence-corrected chi connectivity index (χ3v) is 5.35. The Hall–Kier alpha value is -3.29. The van der Waals surface area contributed by atoms with E-state index in [0.29, 0.717) is 17.1 Å². The molecule has 2 N–H and O–H groups in total. The highest BCUT2D eigenvalue weighted by atomic mass is 19.4. The molecular formula is C24H25F3N4O. The van der Waals surface area contributed by atoms with Crippen LogP contribution in [0.5, 0.6) is 5.75 Å².